The average Bonchev–Trinajstić information content (AvgIpc) is 3.00. The minimum absolute atomic E-state index is 0.0711. The summed E-state index contributed by atoms with van der Waals surface area (Å²) in [5.41, 5.74) is -0.919. The fourth-order valence-electron chi connectivity index (χ4n) is 2.67. The molecule has 0 atom stereocenters. The van der Waals surface area contributed by atoms with Crippen LogP contribution in [0, 0.1) is 11.6 Å². The van der Waals surface area contributed by atoms with Crippen LogP contribution < -0.4 is 10.6 Å². The largest absolute Gasteiger partial charge is 0.348 e. The van der Waals surface area contributed by atoms with Gasteiger partial charge >= 0.3 is 0 Å². The zero-order chi connectivity index (χ0) is 17.7. The maximum atomic E-state index is 13.6. The van der Waals surface area contributed by atoms with Crippen molar-refractivity contribution in [3.8, 4) is 0 Å². The number of carbonyl (C=O) groups is 2. The van der Waals surface area contributed by atoms with Gasteiger partial charge in [-0.15, -0.1) is 0 Å². The van der Waals surface area contributed by atoms with Crippen LogP contribution in [0.15, 0.2) is 35.5 Å². The fraction of sp³-hybridized carbons (Fsp3) is 0.353. The zero-order valence-electron chi connectivity index (χ0n) is 13.4. The van der Waals surface area contributed by atoms with Crippen molar-refractivity contribution in [1.82, 2.24) is 10.6 Å². The summed E-state index contributed by atoms with van der Waals surface area (Å²) in [6.07, 6.45) is 3.88. The first kappa shape index (κ1) is 17.8. The Morgan fingerprint density at radius 2 is 1.79 bits per heavy atom. The van der Waals surface area contributed by atoms with E-state index < -0.39 is 29.0 Å². The second-order valence-corrected chi connectivity index (χ2v) is 5.56. The Morgan fingerprint density at radius 3 is 2.33 bits per heavy atom. The number of carbonyl (C=O) groups excluding carboxylic acids is 2. The van der Waals surface area contributed by atoms with Crippen LogP contribution in [-0.4, -0.2) is 30.6 Å². The van der Waals surface area contributed by atoms with Crippen LogP contribution in [0.4, 0.5) is 8.78 Å². The number of hydrogen-bond acceptors (Lipinski definition) is 3. The smallest absolute Gasteiger partial charge is 0.271 e. The van der Waals surface area contributed by atoms with Crippen LogP contribution in [0.25, 0.3) is 0 Å². The van der Waals surface area contributed by atoms with Crippen molar-refractivity contribution in [1.29, 1.82) is 0 Å². The minimum atomic E-state index is -1.02. The van der Waals surface area contributed by atoms with E-state index in [1.807, 2.05) is 0 Å². The molecular weight excluding hydrogens is 316 g/mol. The SMILES string of the molecule is C=C(NC(=O)c1c(F)cccc1F)C(=NC)C(=O)NC1CCCC1. The molecule has 2 N–H and O–H groups in total. The molecule has 2 rings (SSSR count). The molecule has 1 saturated carbocycles. The summed E-state index contributed by atoms with van der Waals surface area (Å²) < 4.78 is 27.2. The summed E-state index contributed by atoms with van der Waals surface area (Å²) in [5.74, 6) is -3.48. The Kier molecular flexibility index (Phi) is 5.78. The van der Waals surface area contributed by atoms with Crippen molar-refractivity contribution in [2.24, 2.45) is 4.99 Å². The average molecular weight is 335 g/mol. The lowest BCUT2D eigenvalue weighted by Gasteiger charge is -2.15. The van der Waals surface area contributed by atoms with Gasteiger partial charge in [-0.05, 0) is 25.0 Å². The first-order valence-electron chi connectivity index (χ1n) is 7.66. The lowest BCUT2D eigenvalue weighted by atomic mass is 10.1. The molecule has 0 aliphatic heterocycles. The van der Waals surface area contributed by atoms with E-state index in [0.29, 0.717) is 0 Å². The highest BCUT2D eigenvalue weighted by molar-refractivity contribution is 6.45. The number of hydrogen-bond donors (Lipinski definition) is 2. The van der Waals surface area contributed by atoms with Crippen LogP contribution in [0.3, 0.4) is 0 Å². The molecule has 0 spiro atoms. The monoisotopic (exact) mass is 335 g/mol. The van der Waals surface area contributed by atoms with Gasteiger partial charge in [0.2, 0.25) is 0 Å². The molecule has 128 valence electrons. The summed E-state index contributed by atoms with van der Waals surface area (Å²) in [7, 11) is 1.38. The van der Waals surface area contributed by atoms with Gasteiger partial charge < -0.3 is 10.6 Å². The van der Waals surface area contributed by atoms with Gasteiger partial charge in [0.15, 0.2) is 0 Å². The maximum absolute atomic E-state index is 13.6. The highest BCUT2D eigenvalue weighted by atomic mass is 19.1. The number of amides is 2. The third-order valence-corrected chi connectivity index (χ3v) is 3.87. The van der Waals surface area contributed by atoms with E-state index in [1.54, 1.807) is 0 Å². The lowest BCUT2D eigenvalue weighted by molar-refractivity contribution is -0.115. The molecule has 1 aliphatic rings. The van der Waals surface area contributed by atoms with Crippen LogP contribution >= 0.6 is 0 Å². The predicted molar refractivity (Wildman–Crippen MR) is 86.7 cm³/mol. The first-order chi connectivity index (χ1) is 11.4. The van der Waals surface area contributed by atoms with E-state index in [-0.39, 0.29) is 17.5 Å². The van der Waals surface area contributed by atoms with Crippen LogP contribution in [0.2, 0.25) is 0 Å². The van der Waals surface area contributed by atoms with E-state index in [9.17, 15) is 18.4 Å². The van der Waals surface area contributed by atoms with E-state index in [1.165, 1.54) is 7.05 Å². The molecule has 0 aromatic heterocycles. The van der Waals surface area contributed by atoms with Gasteiger partial charge in [-0.2, -0.15) is 0 Å². The van der Waals surface area contributed by atoms with Crippen LogP contribution in [0.5, 0.6) is 0 Å². The molecule has 7 heteroatoms. The second kappa shape index (κ2) is 7.81. The number of aliphatic imine (C=N–C) groups is 1. The third-order valence-electron chi connectivity index (χ3n) is 3.87. The Bertz CT molecular complexity index is 675. The van der Waals surface area contributed by atoms with Crippen molar-refractivity contribution >= 4 is 17.5 Å². The molecule has 0 unspecified atom stereocenters. The molecule has 1 aromatic carbocycles. The molecule has 24 heavy (non-hydrogen) atoms. The number of benzene rings is 1. The minimum Gasteiger partial charge on any atom is -0.348 e. The second-order valence-electron chi connectivity index (χ2n) is 5.56. The van der Waals surface area contributed by atoms with E-state index in [4.69, 9.17) is 0 Å². The number of nitrogens with zero attached hydrogens (tertiary/aromatic N) is 1. The molecule has 2 amide bonds. The van der Waals surface area contributed by atoms with Crippen molar-refractivity contribution in [3.05, 3.63) is 47.7 Å². The maximum Gasteiger partial charge on any atom is 0.271 e. The van der Waals surface area contributed by atoms with Gasteiger partial charge in [0.1, 0.15) is 22.9 Å². The Hall–Kier alpha value is -2.57. The summed E-state index contributed by atoms with van der Waals surface area (Å²) in [6.45, 7) is 3.58. The predicted octanol–water partition coefficient (Wildman–Crippen LogP) is 2.34. The number of rotatable bonds is 5. The number of halogens is 2. The standard InChI is InChI=1S/C17H19F2N3O2/c1-10(15(20-2)17(24)22-11-6-3-4-7-11)21-16(23)14-12(18)8-5-9-13(14)19/h5,8-9,11H,1,3-4,6-7H2,2H3,(H,21,23)(H,22,24). The van der Waals surface area contributed by atoms with Crippen molar-refractivity contribution in [3.63, 3.8) is 0 Å². The quantitative estimate of drug-likeness (QED) is 0.811. The molecule has 0 heterocycles. The summed E-state index contributed by atoms with van der Waals surface area (Å²) in [5, 5.41) is 5.05. The van der Waals surface area contributed by atoms with Crippen LogP contribution in [0.1, 0.15) is 36.0 Å². The van der Waals surface area contributed by atoms with Gasteiger partial charge in [0.05, 0.1) is 5.70 Å². The fourth-order valence-corrected chi connectivity index (χ4v) is 2.67. The molecule has 5 nitrogen and oxygen atoms in total. The Labute approximate surface area is 138 Å². The van der Waals surface area contributed by atoms with Crippen molar-refractivity contribution < 1.29 is 18.4 Å². The molecule has 1 fully saturated rings. The Balaban J connectivity index is 2.06. The van der Waals surface area contributed by atoms with Crippen LogP contribution in [-0.2, 0) is 4.79 Å². The van der Waals surface area contributed by atoms with Gasteiger partial charge in [-0.1, -0.05) is 25.5 Å². The lowest BCUT2D eigenvalue weighted by Crippen LogP contribution is -2.41. The highest BCUT2D eigenvalue weighted by Crippen LogP contribution is 2.17. The van der Waals surface area contributed by atoms with Crippen molar-refractivity contribution in [2.45, 2.75) is 31.7 Å². The summed E-state index contributed by atoms with van der Waals surface area (Å²) in [6, 6.07) is 3.18. The Morgan fingerprint density at radius 1 is 1.21 bits per heavy atom. The van der Waals surface area contributed by atoms with Gasteiger partial charge in [0, 0.05) is 13.1 Å². The number of nitrogens with one attached hydrogen (secondary N) is 2. The third kappa shape index (κ3) is 4.04. The molecule has 0 saturated heterocycles. The molecular formula is C17H19F2N3O2. The molecule has 1 aliphatic carbocycles. The first-order valence-corrected chi connectivity index (χ1v) is 7.66. The van der Waals surface area contributed by atoms with E-state index >= 15 is 0 Å². The molecule has 0 bridgehead atoms. The van der Waals surface area contributed by atoms with Gasteiger partial charge in [0.25, 0.3) is 11.8 Å². The van der Waals surface area contributed by atoms with Crippen molar-refractivity contribution in [2.75, 3.05) is 7.05 Å². The summed E-state index contributed by atoms with van der Waals surface area (Å²) >= 11 is 0. The zero-order valence-corrected chi connectivity index (χ0v) is 13.4. The summed E-state index contributed by atoms with van der Waals surface area (Å²) in [4.78, 5) is 28.1. The van der Waals surface area contributed by atoms with Gasteiger partial charge in [-0.3, -0.25) is 14.6 Å². The highest BCUT2D eigenvalue weighted by Gasteiger charge is 2.24. The normalized spacial score (nSPS) is 15.2. The van der Waals surface area contributed by atoms with E-state index in [0.717, 1.165) is 43.9 Å². The van der Waals surface area contributed by atoms with E-state index in [2.05, 4.69) is 22.2 Å². The molecule has 1 aromatic rings. The molecule has 0 radical (unpaired) electrons. The van der Waals surface area contributed by atoms with Gasteiger partial charge in [-0.25, -0.2) is 8.78 Å². The topological polar surface area (TPSA) is 70.6 Å².